The second kappa shape index (κ2) is 4.36. The first kappa shape index (κ1) is 11.7. The largest absolute Gasteiger partial charge is 0.316 e. The summed E-state index contributed by atoms with van der Waals surface area (Å²) in [6.07, 6.45) is 5.56. The summed E-state index contributed by atoms with van der Waals surface area (Å²) < 4.78 is 0. The number of hydrogen-bond acceptors (Lipinski definition) is 3. The van der Waals surface area contributed by atoms with Gasteiger partial charge >= 0.3 is 0 Å². The van der Waals surface area contributed by atoms with Gasteiger partial charge in [0.1, 0.15) is 0 Å². The molecule has 0 amide bonds. The minimum absolute atomic E-state index is 0.518. The van der Waals surface area contributed by atoms with Gasteiger partial charge in [0.05, 0.1) is 10.7 Å². The molecule has 1 aromatic rings. The molecule has 3 rings (SSSR count). The number of thiazole rings is 1. The van der Waals surface area contributed by atoms with Gasteiger partial charge in [0.15, 0.2) is 0 Å². The van der Waals surface area contributed by atoms with Crippen LogP contribution in [0.2, 0.25) is 0 Å². The fraction of sp³-hybridized carbons (Fsp3) is 0.786. The highest BCUT2D eigenvalue weighted by Gasteiger charge is 2.53. The summed E-state index contributed by atoms with van der Waals surface area (Å²) in [6.45, 7) is 6.59. The van der Waals surface area contributed by atoms with E-state index in [1.54, 1.807) is 11.3 Å². The first-order chi connectivity index (χ1) is 8.21. The number of hydrogen-bond donors (Lipinski definition) is 1. The van der Waals surface area contributed by atoms with Crippen LogP contribution in [0, 0.1) is 24.2 Å². The van der Waals surface area contributed by atoms with Gasteiger partial charge in [-0.25, -0.2) is 4.98 Å². The van der Waals surface area contributed by atoms with E-state index in [-0.39, 0.29) is 0 Å². The average Bonchev–Trinajstić information content (AvgIpc) is 2.72. The van der Waals surface area contributed by atoms with Crippen LogP contribution in [0.15, 0.2) is 5.38 Å². The number of rotatable bonds is 5. The number of aryl methyl sites for hydroxylation is 1. The minimum atomic E-state index is 0.518. The Bertz CT molecular complexity index is 389. The van der Waals surface area contributed by atoms with E-state index in [1.807, 2.05) is 0 Å². The summed E-state index contributed by atoms with van der Waals surface area (Å²) in [4.78, 5) is 4.66. The van der Waals surface area contributed by atoms with Gasteiger partial charge in [-0.15, -0.1) is 11.3 Å². The van der Waals surface area contributed by atoms with Crippen LogP contribution in [-0.2, 0) is 6.42 Å². The zero-order valence-corrected chi connectivity index (χ0v) is 11.6. The fourth-order valence-electron chi connectivity index (χ4n) is 3.62. The molecule has 17 heavy (non-hydrogen) atoms. The molecule has 0 bridgehead atoms. The molecule has 1 heterocycles. The standard InChI is InChI=1S/C14H22N2S/c1-3-15-9-14(5-11-4-12(11)6-14)7-13-8-17-10(2)16-13/h8,11-12,15H,3-7,9H2,1-2H3. The van der Waals surface area contributed by atoms with Crippen LogP contribution in [-0.4, -0.2) is 18.1 Å². The smallest absolute Gasteiger partial charge is 0.0897 e. The van der Waals surface area contributed by atoms with Gasteiger partial charge < -0.3 is 5.32 Å². The summed E-state index contributed by atoms with van der Waals surface area (Å²) in [5.74, 6) is 2.10. The third kappa shape index (κ3) is 2.41. The second-order valence-corrected chi connectivity index (χ2v) is 7.04. The maximum Gasteiger partial charge on any atom is 0.0897 e. The lowest BCUT2D eigenvalue weighted by atomic mass is 9.78. The molecule has 1 aromatic heterocycles. The summed E-state index contributed by atoms with van der Waals surface area (Å²) in [7, 11) is 0. The molecule has 0 spiro atoms. The number of aromatic nitrogens is 1. The van der Waals surface area contributed by atoms with Crippen LogP contribution in [0.5, 0.6) is 0 Å². The van der Waals surface area contributed by atoms with Gasteiger partial charge in [-0.2, -0.15) is 0 Å². The Labute approximate surface area is 108 Å². The second-order valence-electron chi connectivity index (χ2n) is 5.98. The normalized spacial score (nSPS) is 34.9. The number of fused-ring (bicyclic) bond motifs is 1. The van der Waals surface area contributed by atoms with Crippen molar-refractivity contribution in [3.8, 4) is 0 Å². The van der Waals surface area contributed by atoms with Gasteiger partial charge in [-0.05, 0) is 56.4 Å². The first-order valence-electron chi connectivity index (χ1n) is 6.82. The summed E-state index contributed by atoms with van der Waals surface area (Å²) in [6, 6.07) is 0. The van der Waals surface area contributed by atoms with Gasteiger partial charge in [0, 0.05) is 11.9 Å². The van der Waals surface area contributed by atoms with Crippen molar-refractivity contribution in [1.82, 2.24) is 10.3 Å². The average molecular weight is 250 g/mol. The monoisotopic (exact) mass is 250 g/mol. The SMILES string of the molecule is CCNCC1(Cc2csc(C)n2)CC2CC2C1. The highest BCUT2D eigenvalue weighted by atomic mass is 32.1. The molecule has 2 aliphatic carbocycles. The van der Waals surface area contributed by atoms with Gasteiger partial charge in [-0.3, -0.25) is 0 Å². The predicted octanol–water partition coefficient (Wildman–Crippen LogP) is 3.02. The van der Waals surface area contributed by atoms with Crippen molar-refractivity contribution in [2.75, 3.05) is 13.1 Å². The molecular formula is C14H22N2S. The Morgan fingerprint density at radius 3 is 2.82 bits per heavy atom. The Hall–Kier alpha value is -0.410. The van der Waals surface area contributed by atoms with Gasteiger partial charge in [0.2, 0.25) is 0 Å². The molecule has 2 aliphatic rings. The van der Waals surface area contributed by atoms with Crippen molar-refractivity contribution >= 4 is 11.3 Å². The van der Waals surface area contributed by atoms with E-state index in [4.69, 9.17) is 0 Å². The van der Waals surface area contributed by atoms with Crippen molar-refractivity contribution in [3.05, 3.63) is 16.1 Å². The maximum atomic E-state index is 4.66. The van der Waals surface area contributed by atoms with E-state index >= 15 is 0 Å². The molecule has 0 radical (unpaired) electrons. The van der Waals surface area contributed by atoms with Crippen molar-refractivity contribution < 1.29 is 0 Å². The molecule has 0 saturated heterocycles. The molecular weight excluding hydrogens is 228 g/mol. The lowest BCUT2D eigenvalue weighted by Gasteiger charge is -2.30. The molecule has 3 heteroatoms. The van der Waals surface area contributed by atoms with Crippen molar-refractivity contribution in [3.63, 3.8) is 0 Å². The Kier molecular flexibility index (Phi) is 2.99. The van der Waals surface area contributed by atoms with E-state index < -0.39 is 0 Å². The third-order valence-electron chi connectivity index (χ3n) is 4.43. The molecule has 2 atom stereocenters. The predicted molar refractivity (Wildman–Crippen MR) is 72.4 cm³/mol. The zero-order chi connectivity index (χ0) is 11.9. The van der Waals surface area contributed by atoms with Gasteiger partial charge in [-0.1, -0.05) is 6.92 Å². The van der Waals surface area contributed by atoms with Crippen LogP contribution >= 0.6 is 11.3 Å². The van der Waals surface area contributed by atoms with E-state index in [1.165, 1.54) is 42.9 Å². The lowest BCUT2D eigenvalue weighted by molar-refractivity contribution is 0.248. The number of nitrogens with one attached hydrogen (secondary N) is 1. The Balaban J connectivity index is 1.70. The van der Waals surface area contributed by atoms with Gasteiger partial charge in [0.25, 0.3) is 0 Å². The molecule has 1 N–H and O–H groups in total. The minimum Gasteiger partial charge on any atom is -0.316 e. The Morgan fingerprint density at radius 1 is 1.47 bits per heavy atom. The van der Waals surface area contributed by atoms with Crippen LogP contribution in [0.25, 0.3) is 0 Å². The van der Waals surface area contributed by atoms with E-state index in [0.717, 1.165) is 18.4 Å². The number of nitrogens with zero attached hydrogens (tertiary/aromatic N) is 1. The summed E-state index contributed by atoms with van der Waals surface area (Å²) in [5, 5.41) is 7.04. The summed E-state index contributed by atoms with van der Waals surface area (Å²) in [5.41, 5.74) is 1.84. The van der Waals surface area contributed by atoms with E-state index in [9.17, 15) is 0 Å². The van der Waals surface area contributed by atoms with Crippen molar-refractivity contribution in [1.29, 1.82) is 0 Å². The molecule has 2 saturated carbocycles. The van der Waals surface area contributed by atoms with Crippen molar-refractivity contribution in [2.45, 2.75) is 39.5 Å². The van der Waals surface area contributed by atoms with Crippen LogP contribution < -0.4 is 5.32 Å². The van der Waals surface area contributed by atoms with Crippen LogP contribution in [0.1, 0.15) is 36.9 Å². The van der Waals surface area contributed by atoms with Crippen molar-refractivity contribution in [2.24, 2.45) is 17.3 Å². The topological polar surface area (TPSA) is 24.9 Å². The van der Waals surface area contributed by atoms with E-state index in [2.05, 4.69) is 29.5 Å². The van der Waals surface area contributed by atoms with Crippen LogP contribution in [0.4, 0.5) is 0 Å². The molecule has 2 fully saturated rings. The first-order valence-corrected chi connectivity index (χ1v) is 7.70. The highest BCUT2D eigenvalue weighted by Crippen LogP contribution is 2.60. The summed E-state index contributed by atoms with van der Waals surface area (Å²) >= 11 is 1.79. The molecule has 2 unspecified atom stereocenters. The van der Waals surface area contributed by atoms with E-state index in [0.29, 0.717) is 5.41 Å². The zero-order valence-electron chi connectivity index (χ0n) is 10.8. The van der Waals surface area contributed by atoms with Crippen LogP contribution in [0.3, 0.4) is 0 Å². The molecule has 2 nitrogen and oxygen atoms in total. The fourth-order valence-corrected chi connectivity index (χ4v) is 4.23. The lowest BCUT2D eigenvalue weighted by Crippen LogP contribution is -2.35. The molecule has 94 valence electrons. The maximum absolute atomic E-state index is 4.66. The Morgan fingerprint density at radius 2 is 2.24 bits per heavy atom. The third-order valence-corrected chi connectivity index (χ3v) is 5.25. The highest BCUT2D eigenvalue weighted by molar-refractivity contribution is 7.09. The quantitative estimate of drug-likeness (QED) is 0.869. The molecule has 0 aromatic carbocycles. The molecule has 0 aliphatic heterocycles.